The lowest BCUT2D eigenvalue weighted by Crippen LogP contribution is -2.26. The van der Waals surface area contributed by atoms with Crippen molar-refractivity contribution in [1.29, 1.82) is 0 Å². The molecule has 208 valence electrons. The van der Waals surface area contributed by atoms with Crippen molar-refractivity contribution >= 4 is 54.2 Å². The van der Waals surface area contributed by atoms with E-state index in [-0.39, 0.29) is 56.7 Å². The highest BCUT2D eigenvalue weighted by molar-refractivity contribution is 9.10. The molecule has 13 heteroatoms. The number of nitrogens with zero attached hydrogens (tertiary/aromatic N) is 1. The molecule has 3 aromatic carbocycles. The lowest BCUT2D eigenvalue weighted by molar-refractivity contribution is 0.0600. The number of rotatable bonds is 9. The average molecular weight is 636 g/mol. The highest BCUT2D eigenvalue weighted by atomic mass is 79.9. The standard InChI is InChI=1S/C27H21BrF3N3O5S/c1-38-27(35)15-4-19(11-20(5-15)39-21-9-17(29)8-18(30)10-21)34-26-24(40(36,37)33-12-14-2-3-14)13-32-23-7-16(28)6-22(31)25(23)26/h4-11,13-14,33H,2-3,12H2,1H3,(H,32,34). The van der Waals surface area contributed by atoms with Gasteiger partial charge >= 0.3 is 5.97 Å². The molecule has 0 spiro atoms. The summed E-state index contributed by atoms with van der Waals surface area (Å²) in [7, 11) is -2.99. The lowest BCUT2D eigenvalue weighted by atomic mass is 10.1. The molecule has 0 radical (unpaired) electrons. The van der Waals surface area contributed by atoms with Gasteiger partial charge in [-0.3, -0.25) is 4.98 Å². The maximum Gasteiger partial charge on any atom is 0.338 e. The van der Waals surface area contributed by atoms with Crippen LogP contribution < -0.4 is 14.8 Å². The van der Waals surface area contributed by atoms with Crippen LogP contribution in [-0.2, 0) is 14.8 Å². The van der Waals surface area contributed by atoms with Crippen LogP contribution in [0.1, 0.15) is 23.2 Å². The Labute approximate surface area is 235 Å². The second-order valence-electron chi connectivity index (χ2n) is 9.14. The number of pyridine rings is 1. The fourth-order valence-corrected chi connectivity index (χ4v) is 5.66. The normalized spacial score (nSPS) is 13.3. The average Bonchev–Trinajstić information content (AvgIpc) is 3.70. The van der Waals surface area contributed by atoms with Crippen molar-refractivity contribution in [3.05, 3.63) is 82.2 Å². The highest BCUT2D eigenvalue weighted by Crippen LogP contribution is 2.37. The van der Waals surface area contributed by atoms with Crippen molar-refractivity contribution in [2.45, 2.75) is 17.7 Å². The van der Waals surface area contributed by atoms with E-state index in [1.165, 1.54) is 30.3 Å². The summed E-state index contributed by atoms with van der Waals surface area (Å²) in [6.45, 7) is 0.225. The fraction of sp³-hybridized carbons (Fsp3) is 0.185. The number of esters is 1. The van der Waals surface area contributed by atoms with Crippen LogP contribution in [0.25, 0.3) is 10.9 Å². The predicted octanol–water partition coefficient (Wildman–Crippen LogP) is 6.43. The zero-order valence-electron chi connectivity index (χ0n) is 20.8. The van der Waals surface area contributed by atoms with E-state index >= 15 is 4.39 Å². The fourth-order valence-electron chi connectivity index (χ4n) is 4.01. The number of halogens is 4. The van der Waals surface area contributed by atoms with E-state index in [9.17, 15) is 22.0 Å². The molecule has 0 saturated heterocycles. The molecule has 1 aromatic heterocycles. The smallest absolute Gasteiger partial charge is 0.338 e. The number of benzene rings is 3. The first-order chi connectivity index (χ1) is 19.0. The number of hydrogen-bond donors (Lipinski definition) is 2. The van der Waals surface area contributed by atoms with Gasteiger partial charge < -0.3 is 14.8 Å². The van der Waals surface area contributed by atoms with Gasteiger partial charge in [-0.2, -0.15) is 0 Å². The number of anilines is 2. The van der Waals surface area contributed by atoms with Crippen LogP contribution in [0, 0.1) is 23.4 Å². The van der Waals surface area contributed by atoms with Crippen molar-refractivity contribution in [3.63, 3.8) is 0 Å². The Morgan fingerprint density at radius 2 is 1.73 bits per heavy atom. The van der Waals surface area contributed by atoms with Crippen LogP contribution in [0.4, 0.5) is 24.5 Å². The number of fused-ring (bicyclic) bond motifs is 1. The number of nitrogens with one attached hydrogen (secondary N) is 2. The molecule has 0 amide bonds. The number of carbonyl (C=O) groups is 1. The van der Waals surface area contributed by atoms with Crippen molar-refractivity contribution in [1.82, 2.24) is 9.71 Å². The highest BCUT2D eigenvalue weighted by Gasteiger charge is 2.28. The van der Waals surface area contributed by atoms with Crippen LogP contribution in [0.15, 0.2) is 64.1 Å². The lowest BCUT2D eigenvalue weighted by Gasteiger charge is -2.17. The maximum absolute atomic E-state index is 15.3. The molecule has 1 saturated carbocycles. The van der Waals surface area contributed by atoms with Gasteiger partial charge in [-0.1, -0.05) is 15.9 Å². The molecule has 1 aliphatic carbocycles. The van der Waals surface area contributed by atoms with Crippen LogP contribution in [-0.4, -0.2) is 33.0 Å². The maximum atomic E-state index is 15.3. The molecule has 8 nitrogen and oxygen atoms in total. The second kappa shape index (κ2) is 11.1. The summed E-state index contributed by atoms with van der Waals surface area (Å²) in [5, 5.41) is 2.79. The minimum absolute atomic E-state index is 0.0304. The van der Waals surface area contributed by atoms with Crippen LogP contribution in [0.3, 0.4) is 0 Å². The van der Waals surface area contributed by atoms with Crippen LogP contribution >= 0.6 is 15.9 Å². The van der Waals surface area contributed by atoms with Gasteiger partial charge in [0.1, 0.15) is 33.8 Å². The first-order valence-electron chi connectivity index (χ1n) is 11.9. The van der Waals surface area contributed by atoms with Gasteiger partial charge in [-0.15, -0.1) is 0 Å². The van der Waals surface area contributed by atoms with E-state index < -0.39 is 33.4 Å². The van der Waals surface area contributed by atoms with Crippen molar-refractivity contribution in [3.8, 4) is 11.5 Å². The van der Waals surface area contributed by atoms with Gasteiger partial charge in [-0.25, -0.2) is 31.1 Å². The Kier molecular flexibility index (Phi) is 7.71. The van der Waals surface area contributed by atoms with Crippen molar-refractivity contribution in [2.24, 2.45) is 5.92 Å². The van der Waals surface area contributed by atoms with Gasteiger partial charge in [0.2, 0.25) is 10.0 Å². The third kappa shape index (κ3) is 6.21. The number of aromatic nitrogens is 1. The minimum Gasteiger partial charge on any atom is -0.465 e. The van der Waals surface area contributed by atoms with Gasteiger partial charge in [0.15, 0.2) is 0 Å². The predicted molar refractivity (Wildman–Crippen MR) is 145 cm³/mol. The van der Waals surface area contributed by atoms with E-state index in [0.717, 1.165) is 38.3 Å². The third-order valence-corrected chi connectivity index (χ3v) is 7.96. The SMILES string of the molecule is COC(=O)c1cc(Nc2c(S(=O)(=O)NCC3CC3)cnc3cc(Br)cc(F)c23)cc(Oc2cc(F)cc(F)c2)c1. The molecule has 1 aliphatic rings. The second-order valence-corrected chi connectivity index (χ2v) is 11.8. The summed E-state index contributed by atoms with van der Waals surface area (Å²) in [5.41, 5.74) is 0.0925. The Morgan fingerprint density at radius 1 is 1.02 bits per heavy atom. The molecule has 0 bridgehead atoms. The largest absolute Gasteiger partial charge is 0.465 e. The van der Waals surface area contributed by atoms with Crippen LogP contribution in [0.5, 0.6) is 11.5 Å². The van der Waals surface area contributed by atoms with E-state index in [2.05, 4.69) is 31.0 Å². The summed E-state index contributed by atoms with van der Waals surface area (Å²) in [5.74, 6) is -3.28. The van der Waals surface area contributed by atoms with E-state index in [0.29, 0.717) is 10.5 Å². The van der Waals surface area contributed by atoms with Gasteiger partial charge in [0, 0.05) is 47.2 Å². The minimum atomic E-state index is -4.14. The molecule has 2 N–H and O–H groups in total. The van der Waals surface area contributed by atoms with E-state index in [4.69, 9.17) is 9.47 Å². The van der Waals surface area contributed by atoms with Gasteiger partial charge in [0.25, 0.3) is 0 Å². The molecule has 1 heterocycles. The summed E-state index contributed by atoms with van der Waals surface area (Å²) >= 11 is 3.21. The molecule has 0 unspecified atom stereocenters. The summed E-state index contributed by atoms with van der Waals surface area (Å²) in [4.78, 5) is 16.3. The Balaban J connectivity index is 1.63. The number of methoxy groups -OCH3 is 1. The van der Waals surface area contributed by atoms with E-state index in [1.807, 2.05) is 0 Å². The van der Waals surface area contributed by atoms with Crippen LogP contribution in [0.2, 0.25) is 0 Å². The first-order valence-corrected chi connectivity index (χ1v) is 14.2. The molecule has 0 aliphatic heterocycles. The Hall–Kier alpha value is -3.68. The topological polar surface area (TPSA) is 107 Å². The third-order valence-electron chi connectivity index (χ3n) is 6.07. The van der Waals surface area contributed by atoms with Gasteiger partial charge in [0.05, 0.1) is 29.3 Å². The summed E-state index contributed by atoms with van der Waals surface area (Å²) in [6.07, 6.45) is 2.93. The molecule has 0 atom stereocenters. The number of carbonyl (C=O) groups excluding carboxylic acids is 1. The first kappa shape index (κ1) is 27.9. The molecule has 1 fully saturated rings. The Morgan fingerprint density at radius 3 is 2.40 bits per heavy atom. The number of hydrogen-bond acceptors (Lipinski definition) is 7. The molecule has 5 rings (SSSR count). The number of sulfonamides is 1. The van der Waals surface area contributed by atoms with Crippen molar-refractivity contribution < 1.29 is 35.9 Å². The Bertz CT molecular complexity index is 1730. The zero-order chi connectivity index (χ0) is 28.6. The summed E-state index contributed by atoms with van der Waals surface area (Å²) in [6, 6.07) is 9.22. The van der Waals surface area contributed by atoms with E-state index in [1.54, 1.807) is 0 Å². The molecular formula is C27H21BrF3N3O5S. The quantitative estimate of drug-likeness (QED) is 0.204. The summed E-state index contributed by atoms with van der Waals surface area (Å²) < 4.78 is 82.7. The molecule has 4 aromatic rings. The number of ether oxygens (including phenoxy) is 2. The van der Waals surface area contributed by atoms with Crippen molar-refractivity contribution in [2.75, 3.05) is 19.0 Å². The molecular weight excluding hydrogens is 615 g/mol. The molecule has 40 heavy (non-hydrogen) atoms. The van der Waals surface area contributed by atoms with Gasteiger partial charge in [-0.05, 0) is 43.0 Å². The monoisotopic (exact) mass is 635 g/mol. The zero-order valence-corrected chi connectivity index (χ0v) is 23.2.